The monoisotopic (exact) mass is 469 g/mol. The summed E-state index contributed by atoms with van der Waals surface area (Å²) >= 11 is 0. The average Bonchev–Trinajstić information content (AvgIpc) is 2.88. The molecule has 0 aromatic heterocycles. The van der Waals surface area contributed by atoms with Gasteiger partial charge in [0.2, 0.25) is 5.91 Å². The predicted molar refractivity (Wildman–Crippen MR) is 137 cm³/mol. The largest absolute Gasteiger partial charge is 0.348 e. The van der Waals surface area contributed by atoms with Crippen molar-refractivity contribution in [3.8, 4) is 0 Å². The Labute approximate surface area is 206 Å². The molecule has 0 bridgehead atoms. The quantitative estimate of drug-likeness (QED) is 0.478. The molecular formula is C29H31N3O3. The van der Waals surface area contributed by atoms with Crippen LogP contribution < -0.4 is 10.6 Å². The van der Waals surface area contributed by atoms with Crippen LogP contribution in [0.1, 0.15) is 44.7 Å². The van der Waals surface area contributed by atoms with Crippen LogP contribution in [0.5, 0.6) is 0 Å². The molecule has 2 N–H and O–H groups in total. The minimum atomic E-state index is -0.236. The molecule has 1 aliphatic heterocycles. The van der Waals surface area contributed by atoms with Crippen molar-refractivity contribution >= 4 is 23.3 Å². The van der Waals surface area contributed by atoms with Gasteiger partial charge in [-0.2, -0.15) is 0 Å². The Bertz CT molecular complexity index is 1170. The molecule has 3 aromatic carbocycles. The lowest BCUT2D eigenvalue weighted by Gasteiger charge is -2.30. The number of carbonyl (C=O) groups is 3. The number of hydrogen-bond donors (Lipinski definition) is 2. The second kappa shape index (κ2) is 11.6. The molecule has 35 heavy (non-hydrogen) atoms. The van der Waals surface area contributed by atoms with E-state index in [9.17, 15) is 14.4 Å². The molecule has 6 heteroatoms. The van der Waals surface area contributed by atoms with E-state index < -0.39 is 0 Å². The Balaban J connectivity index is 1.28. The number of Topliss-reactive ketones (excluding diaryl/α,β-unsaturated/α-hetero) is 1. The SMILES string of the molecule is Cc1ccc(C(=O)C2CCN(CC(=O)Nc3ccccc3C(=O)NCc3ccccc3)CC2)cc1. The molecule has 1 fully saturated rings. The third-order valence-corrected chi connectivity index (χ3v) is 6.40. The van der Waals surface area contributed by atoms with E-state index in [2.05, 4.69) is 15.5 Å². The maximum atomic E-state index is 12.8. The van der Waals surface area contributed by atoms with E-state index in [0.717, 1.165) is 29.5 Å². The van der Waals surface area contributed by atoms with Gasteiger partial charge >= 0.3 is 0 Å². The zero-order valence-corrected chi connectivity index (χ0v) is 20.0. The Morgan fingerprint density at radius 2 is 1.51 bits per heavy atom. The molecule has 6 nitrogen and oxygen atoms in total. The number of ketones is 1. The van der Waals surface area contributed by atoms with Crippen molar-refractivity contribution in [3.63, 3.8) is 0 Å². The summed E-state index contributed by atoms with van der Waals surface area (Å²) in [5, 5.41) is 5.80. The van der Waals surface area contributed by atoms with E-state index in [1.165, 1.54) is 0 Å². The number of carbonyl (C=O) groups excluding carboxylic acids is 3. The van der Waals surface area contributed by atoms with Gasteiger partial charge in [-0.25, -0.2) is 0 Å². The molecule has 3 aromatic rings. The van der Waals surface area contributed by atoms with E-state index >= 15 is 0 Å². The fraction of sp³-hybridized carbons (Fsp3) is 0.276. The number of nitrogens with zero attached hydrogens (tertiary/aromatic N) is 1. The lowest BCUT2D eigenvalue weighted by atomic mass is 9.88. The first kappa shape index (κ1) is 24.4. The second-order valence-corrected chi connectivity index (χ2v) is 9.04. The molecule has 0 saturated carbocycles. The average molecular weight is 470 g/mol. The topological polar surface area (TPSA) is 78.5 Å². The van der Waals surface area contributed by atoms with Crippen LogP contribution in [-0.2, 0) is 11.3 Å². The van der Waals surface area contributed by atoms with Crippen molar-refractivity contribution in [1.29, 1.82) is 0 Å². The van der Waals surface area contributed by atoms with Crippen LogP contribution >= 0.6 is 0 Å². The van der Waals surface area contributed by atoms with Crippen LogP contribution in [0.4, 0.5) is 5.69 Å². The summed E-state index contributed by atoms with van der Waals surface area (Å²) in [5.41, 5.74) is 3.82. The predicted octanol–water partition coefficient (Wildman–Crippen LogP) is 4.46. The molecule has 1 aliphatic rings. The van der Waals surface area contributed by atoms with Crippen LogP contribution in [0.15, 0.2) is 78.9 Å². The molecule has 0 atom stereocenters. The molecule has 0 aliphatic carbocycles. The van der Waals surface area contributed by atoms with Crippen molar-refractivity contribution in [2.45, 2.75) is 26.3 Å². The van der Waals surface area contributed by atoms with Gasteiger partial charge in [0.25, 0.3) is 5.91 Å². The van der Waals surface area contributed by atoms with E-state index in [1.54, 1.807) is 24.3 Å². The number of para-hydroxylation sites is 1. The van der Waals surface area contributed by atoms with Gasteiger partial charge in [-0.1, -0.05) is 72.3 Å². The molecule has 0 unspecified atom stereocenters. The zero-order chi connectivity index (χ0) is 24.6. The number of piperidine rings is 1. The first-order valence-corrected chi connectivity index (χ1v) is 12.0. The zero-order valence-electron chi connectivity index (χ0n) is 20.0. The molecule has 180 valence electrons. The van der Waals surface area contributed by atoms with Gasteiger partial charge < -0.3 is 10.6 Å². The smallest absolute Gasteiger partial charge is 0.253 e. The van der Waals surface area contributed by atoms with Crippen LogP contribution in [0.3, 0.4) is 0 Å². The summed E-state index contributed by atoms with van der Waals surface area (Å²) < 4.78 is 0. The number of likely N-dealkylation sites (tertiary alicyclic amines) is 1. The third kappa shape index (κ3) is 6.64. The Kier molecular flexibility index (Phi) is 8.06. The Morgan fingerprint density at radius 3 is 2.23 bits per heavy atom. The molecule has 2 amide bonds. The fourth-order valence-corrected chi connectivity index (χ4v) is 4.36. The van der Waals surface area contributed by atoms with Gasteiger partial charge in [-0.05, 0) is 50.6 Å². The lowest BCUT2D eigenvalue weighted by molar-refractivity contribution is -0.117. The van der Waals surface area contributed by atoms with E-state index in [-0.39, 0.29) is 30.1 Å². The van der Waals surface area contributed by atoms with Crippen molar-refractivity contribution < 1.29 is 14.4 Å². The van der Waals surface area contributed by atoms with Gasteiger partial charge in [-0.15, -0.1) is 0 Å². The lowest BCUT2D eigenvalue weighted by Crippen LogP contribution is -2.41. The Hall–Kier alpha value is -3.77. The van der Waals surface area contributed by atoms with E-state index in [1.807, 2.05) is 61.5 Å². The van der Waals surface area contributed by atoms with Gasteiger partial charge in [0.15, 0.2) is 5.78 Å². The van der Waals surface area contributed by atoms with Crippen molar-refractivity contribution in [2.75, 3.05) is 25.0 Å². The number of aryl methyl sites for hydroxylation is 1. The maximum absolute atomic E-state index is 12.8. The summed E-state index contributed by atoms with van der Waals surface area (Å²) in [4.78, 5) is 40.3. The number of amides is 2. The van der Waals surface area contributed by atoms with Crippen molar-refractivity contribution in [1.82, 2.24) is 10.2 Å². The van der Waals surface area contributed by atoms with E-state index in [4.69, 9.17) is 0 Å². The van der Waals surface area contributed by atoms with Crippen LogP contribution in [-0.4, -0.2) is 42.1 Å². The highest BCUT2D eigenvalue weighted by Crippen LogP contribution is 2.22. The molecule has 0 radical (unpaired) electrons. The number of nitrogens with one attached hydrogen (secondary N) is 2. The normalized spacial score (nSPS) is 14.3. The first-order chi connectivity index (χ1) is 17.0. The summed E-state index contributed by atoms with van der Waals surface area (Å²) in [6.07, 6.45) is 1.47. The third-order valence-electron chi connectivity index (χ3n) is 6.40. The molecule has 1 saturated heterocycles. The number of benzene rings is 3. The highest BCUT2D eigenvalue weighted by Gasteiger charge is 2.27. The van der Waals surface area contributed by atoms with Crippen LogP contribution in [0, 0.1) is 12.8 Å². The molecule has 0 spiro atoms. The van der Waals surface area contributed by atoms with Gasteiger partial charge in [0.1, 0.15) is 0 Å². The molecule has 4 rings (SSSR count). The summed E-state index contributed by atoms with van der Waals surface area (Å²) in [7, 11) is 0. The van der Waals surface area contributed by atoms with Crippen molar-refractivity contribution in [2.24, 2.45) is 5.92 Å². The summed E-state index contributed by atoms with van der Waals surface area (Å²) in [6, 6.07) is 24.4. The fourth-order valence-electron chi connectivity index (χ4n) is 4.36. The highest BCUT2D eigenvalue weighted by molar-refractivity contribution is 6.04. The second-order valence-electron chi connectivity index (χ2n) is 9.04. The van der Waals surface area contributed by atoms with Crippen LogP contribution in [0.2, 0.25) is 0 Å². The van der Waals surface area contributed by atoms with Gasteiger partial charge in [-0.3, -0.25) is 19.3 Å². The Morgan fingerprint density at radius 1 is 0.857 bits per heavy atom. The minimum absolute atomic E-state index is 0.00828. The standard InChI is InChI=1S/C29H31N3O3/c1-21-11-13-23(14-12-21)28(34)24-15-17-32(18-16-24)20-27(33)31-26-10-6-5-9-25(26)29(35)30-19-22-7-3-2-4-8-22/h2-14,24H,15-20H2,1H3,(H,30,35)(H,31,33). The number of rotatable bonds is 8. The first-order valence-electron chi connectivity index (χ1n) is 12.0. The number of anilines is 1. The summed E-state index contributed by atoms with van der Waals surface area (Å²) in [5.74, 6) is -0.229. The van der Waals surface area contributed by atoms with E-state index in [0.29, 0.717) is 30.9 Å². The number of hydrogen-bond acceptors (Lipinski definition) is 4. The van der Waals surface area contributed by atoms with Gasteiger partial charge in [0, 0.05) is 18.0 Å². The molecular weight excluding hydrogens is 438 g/mol. The molecule has 1 heterocycles. The maximum Gasteiger partial charge on any atom is 0.253 e. The van der Waals surface area contributed by atoms with Crippen molar-refractivity contribution in [3.05, 3.63) is 101 Å². The van der Waals surface area contributed by atoms with Crippen LogP contribution in [0.25, 0.3) is 0 Å². The highest BCUT2D eigenvalue weighted by atomic mass is 16.2. The van der Waals surface area contributed by atoms with Gasteiger partial charge in [0.05, 0.1) is 17.8 Å². The minimum Gasteiger partial charge on any atom is -0.348 e. The summed E-state index contributed by atoms with van der Waals surface area (Å²) in [6.45, 7) is 4.03.